The minimum absolute atomic E-state index is 0.0308. The minimum Gasteiger partial charge on any atom is -0.379 e. The molecular formula is C21H19N3O2S. The van der Waals surface area contributed by atoms with Gasteiger partial charge in [0.05, 0.1) is 18.7 Å². The number of benzene rings is 2. The van der Waals surface area contributed by atoms with Gasteiger partial charge in [0.25, 0.3) is 0 Å². The summed E-state index contributed by atoms with van der Waals surface area (Å²) in [5.41, 5.74) is 3.23. The molecule has 5 rings (SSSR count). The van der Waals surface area contributed by atoms with Crippen LogP contribution in [0.4, 0.5) is 10.8 Å². The van der Waals surface area contributed by atoms with E-state index in [9.17, 15) is 9.59 Å². The largest absolute Gasteiger partial charge is 0.379 e. The van der Waals surface area contributed by atoms with Crippen molar-refractivity contribution in [3.8, 4) is 0 Å². The van der Waals surface area contributed by atoms with Gasteiger partial charge >= 0.3 is 0 Å². The predicted molar refractivity (Wildman–Crippen MR) is 108 cm³/mol. The number of nitrogens with one attached hydrogen (secondary N) is 1. The van der Waals surface area contributed by atoms with Crippen molar-refractivity contribution in [3.63, 3.8) is 0 Å². The molecular weight excluding hydrogens is 358 g/mol. The summed E-state index contributed by atoms with van der Waals surface area (Å²) in [5, 5.41) is 8.33. The number of ketones is 2. The van der Waals surface area contributed by atoms with Crippen LogP contribution in [-0.4, -0.2) is 29.6 Å². The second-order valence-electron chi connectivity index (χ2n) is 7.08. The first-order chi connectivity index (χ1) is 13.2. The molecule has 0 spiro atoms. The van der Waals surface area contributed by atoms with Gasteiger partial charge in [-0.15, -0.1) is 11.3 Å². The Balaban J connectivity index is 1.44. The van der Waals surface area contributed by atoms with Gasteiger partial charge in [0.15, 0.2) is 16.7 Å². The van der Waals surface area contributed by atoms with E-state index >= 15 is 0 Å². The van der Waals surface area contributed by atoms with Crippen molar-refractivity contribution < 1.29 is 9.59 Å². The second kappa shape index (κ2) is 6.46. The van der Waals surface area contributed by atoms with Crippen LogP contribution in [0, 0.1) is 0 Å². The fourth-order valence-corrected chi connectivity index (χ4v) is 4.86. The summed E-state index contributed by atoms with van der Waals surface area (Å²) >= 11 is 1.69. The minimum atomic E-state index is -0.0926. The number of aromatic nitrogens is 1. The predicted octanol–water partition coefficient (Wildman–Crippen LogP) is 4.28. The Hall–Kier alpha value is -2.73. The number of thiazole rings is 1. The molecule has 0 radical (unpaired) electrons. The van der Waals surface area contributed by atoms with Crippen molar-refractivity contribution in [2.24, 2.45) is 0 Å². The van der Waals surface area contributed by atoms with Crippen LogP contribution in [0.3, 0.4) is 0 Å². The number of carbonyl (C=O) groups excluding carboxylic acids is 2. The first kappa shape index (κ1) is 16.4. The van der Waals surface area contributed by atoms with Crippen LogP contribution in [0.2, 0.25) is 0 Å². The zero-order chi connectivity index (χ0) is 18.4. The molecule has 1 aliphatic carbocycles. The Morgan fingerprint density at radius 2 is 1.81 bits per heavy atom. The molecule has 0 atom stereocenters. The molecule has 27 heavy (non-hydrogen) atoms. The molecule has 0 unspecified atom stereocenters. The average molecular weight is 377 g/mol. The van der Waals surface area contributed by atoms with Gasteiger partial charge in [0.2, 0.25) is 0 Å². The fourth-order valence-electron chi connectivity index (χ4n) is 3.98. The van der Waals surface area contributed by atoms with Crippen LogP contribution in [0.25, 0.3) is 10.8 Å². The zero-order valence-electron chi connectivity index (χ0n) is 14.8. The first-order valence-electron chi connectivity index (χ1n) is 9.26. The summed E-state index contributed by atoms with van der Waals surface area (Å²) in [6, 6.07) is 9.43. The lowest BCUT2D eigenvalue weighted by molar-refractivity contribution is 0.0890. The zero-order valence-corrected chi connectivity index (χ0v) is 15.6. The number of nitrogens with zero attached hydrogens (tertiary/aromatic N) is 2. The highest BCUT2D eigenvalue weighted by Crippen LogP contribution is 2.34. The highest BCUT2D eigenvalue weighted by Gasteiger charge is 2.26. The van der Waals surface area contributed by atoms with Gasteiger partial charge in [-0.05, 0) is 25.0 Å². The maximum absolute atomic E-state index is 12.2. The van der Waals surface area contributed by atoms with Crippen LogP contribution >= 0.6 is 11.3 Å². The summed E-state index contributed by atoms with van der Waals surface area (Å²) in [6.07, 6.45) is 2.45. The van der Waals surface area contributed by atoms with Gasteiger partial charge in [0, 0.05) is 46.1 Å². The van der Waals surface area contributed by atoms with Gasteiger partial charge in [0.1, 0.15) is 0 Å². The second-order valence-corrected chi connectivity index (χ2v) is 7.92. The maximum Gasteiger partial charge on any atom is 0.185 e. The van der Waals surface area contributed by atoms with Gasteiger partial charge < -0.3 is 10.2 Å². The van der Waals surface area contributed by atoms with Crippen molar-refractivity contribution in [2.45, 2.75) is 25.8 Å². The van der Waals surface area contributed by atoms with E-state index < -0.39 is 0 Å². The number of anilines is 2. The molecule has 2 aliphatic rings. The number of hydrogen-bond acceptors (Lipinski definition) is 6. The Bertz CT molecular complexity index is 1050. The lowest BCUT2D eigenvalue weighted by Crippen LogP contribution is -2.17. The summed E-state index contributed by atoms with van der Waals surface area (Å²) in [5.74, 6) is -0.185. The Morgan fingerprint density at radius 3 is 2.63 bits per heavy atom. The third-order valence-electron chi connectivity index (χ3n) is 5.34. The summed E-state index contributed by atoms with van der Waals surface area (Å²) in [7, 11) is 0. The molecule has 3 aromatic rings. The van der Waals surface area contributed by atoms with Crippen LogP contribution in [-0.2, 0) is 6.54 Å². The average Bonchev–Trinajstić information content (AvgIpc) is 3.36. The van der Waals surface area contributed by atoms with Crippen molar-refractivity contribution >= 4 is 44.5 Å². The highest BCUT2D eigenvalue weighted by molar-refractivity contribution is 7.13. The lowest BCUT2D eigenvalue weighted by Gasteiger charge is -2.18. The van der Waals surface area contributed by atoms with Crippen LogP contribution in [0.5, 0.6) is 0 Å². The lowest BCUT2D eigenvalue weighted by atomic mass is 9.86. The smallest absolute Gasteiger partial charge is 0.185 e. The fraction of sp³-hybridized carbons (Fsp3) is 0.286. The number of carbonyl (C=O) groups is 2. The van der Waals surface area contributed by atoms with Crippen molar-refractivity contribution in [3.05, 3.63) is 52.5 Å². The molecule has 1 aromatic heterocycles. The van der Waals surface area contributed by atoms with E-state index in [0.717, 1.165) is 40.4 Å². The molecule has 6 heteroatoms. The number of hydrogen-bond donors (Lipinski definition) is 1. The number of rotatable bonds is 4. The van der Waals surface area contributed by atoms with E-state index in [1.807, 2.05) is 30.3 Å². The van der Waals surface area contributed by atoms with E-state index in [2.05, 4.69) is 15.6 Å². The topological polar surface area (TPSA) is 62.3 Å². The van der Waals surface area contributed by atoms with Gasteiger partial charge in [-0.3, -0.25) is 9.59 Å². The van der Waals surface area contributed by atoms with E-state index in [4.69, 9.17) is 4.98 Å². The van der Waals surface area contributed by atoms with E-state index in [-0.39, 0.29) is 18.0 Å². The van der Waals surface area contributed by atoms with Crippen LogP contribution < -0.4 is 10.2 Å². The molecule has 0 saturated carbocycles. The SMILES string of the molecule is O=C1CC(=O)c2ccc(NCc3csc(N4CCCC4)n3)c3cccc1c23. The molecule has 1 N–H and O–H groups in total. The molecule has 0 amide bonds. The van der Waals surface area contributed by atoms with Crippen molar-refractivity contribution in [1.29, 1.82) is 0 Å². The van der Waals surface area contributed by atoms with Crippen LogP contribution in [0.15, 0.2) is 35.7 Å². The van der Waals surface area contributed by atoms with Crippen molar-refractivity contribution in [1.82, 2.24) is 4.98 Å². The van der Waals surface area contributed by atoms with Crippen molar-refractivity contribution in [2.75, 3.05) is 23.3 Å². The Labute approximate surface area is 161 Å². The molecule has 2 heterocycles. The molecule has 5 nitrogen and oxygen atoms in total. The standard InChI is InChI=1S/C21H19N3O2S/c25-18-10-19(26)16-6-7-17(14-4-3-5-15(18)20(14)16)22-11-13-12-27-21(23-13)24-8-1-2-9-24/h3-7,12,22H,1-2,8-11H2. The molecule has 1 saturated heterocycles. The molecule has 1 aliphatic heterocycles. The van der Waals surface area contributed by atoms with E-state index in [1.54, 1.807) is 11.3 Å². The monoisotopic (exact) mass is 377 g/mol. The molecule has 0 bridgehead atoms. The maximum atomic E-state index is 12.2. The van der Waals surface area contributed by atoms with E-state index in [0.29, 0.717) is 17.7 Å². The third kappa shape index (κ3) is 2.80. The Kier molecular flexibility index (Phi) is 3.93. The first-order valence-corrected chi connectivity index (χ1v) is 10.1. The molecule has 2 aromatic carbocycles. The van der Waals surface area contributed by atoms with E-state index in [1.165, 1.54) is 12.8 Å². The summed E-state index contributed by atoms with van der Waals surface area (Å²) < 4.78 is 0. The number of Topliss-reactive ketones (excluding diaryl/α,β-unsaturated/α-hetero) is 2. The summed E-state index contributed by atoms with van der Waals surface area (Å²) in [4.78, 5) is 31.6. The quantitative estimate of drug-likeness (QED) is 0.688. The highest BCUT2D eigenvalue weighted by atomic mass is 32.1. The molecule has 1 fully saturated rings. The third-order valence-corrected chi connectivity index (χ3v) is 6.29. The van der Waals surface area contributed by atoms with Gasteiger partial charge in [-0.1, -0.05) is 18.2 Å². The van der Waals surface area contributed by atoms with Gasteiger partial charge in [-0.25, -0.2) is 4.98 Å². The summed E-state index contributed by atoms with van der Waals surface area (Å²) in [6.45, 7) is 2.81. The Morgan fingerprint density at radius 1 is 1.04 bits per heavy atom. The normalized spacial score (nSPS) is 16.4. The molecule has 136 valence electrons. The van der Waals surface area contributed by atoms with Gasteiger partial charge in [-0.2, -0.15) is 0 Å². The van der Waals surface area contributed by atoms with Crippen LogP contribution in [0.1, 0.15) is 45.7 Å².